The quantitative estimate of drug-likeness (QED) is 0.775. The summed E-state index contributed by atoms with van der Waals surface area (Å²) in [7, 11) is 0. The zero-order valence-electron chi connectivity index (χ0n) is 9.52. The molecule has 3 aromatic heterocycles. The molecule has 3 aromatic rings. The number of nitrogens with one attached hydrogen (secondary N) is 1. The van der Waals surface area contributed by atoms with Crippen LogP contribution in [0, 0.1) is 0 Å². The first-order valence-corrected chi connectivity index (χ1v) is 5.40. The molecule has 3 heterocycles. The van der Waals surface area contributed by atoms with Gasteiger partial charge in [0.15, 0.2) is 5.65 Å². The molecule has 1 N–H and O–H groups in total. The van der Waals surface area contributed by atoms with E-state index in [1.54, 1.807) is 12.3 Å². The summed E-state index contributed by atoms with van der Waals surface area (Å²) in [5.41, 5.74) is 2.49. The van der Waals surface area contributed by atoms with Crippen LogP contribution in [0.3, 0.4) is 0 Å². The Morgan fingerprint density at radius 3 is 2.89 bits per heavy atom. The minimum absolute atomic E-state index is 0.515. The number of pyridine rings is 1. The third-order valence-electron chi connectivity index (χ3n) is 2.61. The minimum Gasteiger partial charge on any atom is -0.343 e. The Morgan fingerprint density at radius 2 is 2.11 bits per heavy atom. The van der Waals surface area contributed by atoms with E-state index in [0.29, 0.717) is 16.7 Å². The molecule has 0 fully saturated rings. The molecule has 3 rings (SSSR count). The molecule has 0 aliphatic heterocycles. The first kappa shape index (κ1) is 11.7. The topological polar surface area (TPSA) is 59.4 Å². The summed E-state index contributed by atoms with van der Waals surface area (Å²) in [5.74, 6) is 0. The van der Waals surface area contributed by atoms with Crippen molar-refractivity contribution in [1.82, 2.24) is 24.7 Å². The summed E-state index contributed by atoms with van der Waals surface area (Å²) in [4.78, 5) is 11.0. The van der Waals surface area contributed by atoms with Crippen LogP contribution in [0.15, 0.2) is 31.0 Å². The average Bonchev–Trinajstić information content (AvgIpc) is 2.94. The molecule has 0 aliphatic rings. The predicted octanol–water partition coefficient (Wildman–Crippen LogP) is 2.38. The first-order valence-electron chi connectivity index (χ1n) is 5.40. The van der Waals surface area contributed by atoms with Crippen molar-refractivity contribution in [3.8, 4) is 11.1 Å². The van der Waals surface area contributed by atoms with E-state index in [9.17, 15) is 13.2 Å². The highest BCUT2D eigenvalue weighted by atomic mass is 19.4. The van der Waals surface area contributed by atoms with Gasteiger partial charge >= 0.3 is 6.18 Å². The van der Waals surface area contributed by atoms with Gasteiger partial charge in [0, 0.05) is 23.5 Å². The molecule has 0 spiro atoms. The maximum atomic E-state index is 12.3. The smallest absolute Gasteiger partial charge is 0.343 e. The Balaban J connectivity index is 2.01. The van der Waals surface area contributed by atoms with E-state index < -0.39 is 12.7 Å². The highest BCUT2D eigenvalue weighted by Gasteiger charge is 2.28. The third kappa shape index (κ3) is 2.28. The normalized spacial score (nSPS) is 12.2. The van der Waals surface area contributed by atoms with E-state index in [-0.39, 0.29) is 0 Å². The Bertz CT molecular complexity index is 712. The number of halogens is 3. The van der Waals surface area contributed by atoms with Crippen LogP contribution in [0.5, 0.6) is 0 Å². The molecule has 0 bridgehead atoms. The van der Waals surface area contributed by atoms with Crippen molar-refractivity contribution >= 4 is 11.2 Å². The summed E-state index contributed by atoms with van der Waals surface area (Å²) in [6, 6.07) is 1.70. The van der Waals surface area contributed by atoms with E-state index in [1.807, 2.05) is 0 Å². The number of imidazole rings is 1. The predicted molar refractivity (Wildman–Crippen MR) is 61.2 cm³/mol. The monoisotopic (exact) mass is 267 g/mol. The maximum absolute atomic E-state index is 12.3. The van der Waals surface area contributed by atoms with Crippen LogP contribution >= 0.6 is 0 Å². The molecule has 0 saturated carbocycles. The van der Waals surface area contributed by atoms with Gasteiger partial charge in [0.2, 0.25) is 0 Å². The van der Waals surface area contributed by atoms with Crippen LogP contribution in [0.4, 0.5) is 13.2 Å². The van der Waals surface area contributed by atoms with Gasteiger partial charge in [-0.1, -0.05) is 0 Å². The van der Waals surface area contributed by atoms with E-state index in [0.717, 1.165) is 10.2 Å². The Morgan fingerprint density at radius 1 is 1.26 bits per heavy atom. The zero-order valence-corrected chi connectivity index (χ0v) is 9.52. The molecule has 0 saturated heterocycles. The number of fused-ring (bicyclic) bond motifs is 1. The molecule has 0 aliphatic carbocycles. The van der Waals surface area contributed by atoms with Gasteiger partial charge in [-0.3, -0.25) is 4.68 Å². The van der Waals surface area contributed by atoms with E-state index in [4.69, 9.17) is 0 Å². The molecule has 0 aromatic carbocycles. The number of H-pyrrole nitrogens is 1. The molecule has 8 heteroatoms. The van der Waals surface area contributed by atoms with Gasteiger partial charge in [0.25, 0.3) is 0 Å². The number of hydrogen-bond donors (Lipinski definition) is 1. The van der Waals surface area contributed by atoms with Crippen molar-refractivity contribution in [2.45, 2.75) is 12.7 Å². The number of aromatic nitrogens is 5. The van der Waals surface area contributed by atoms with Crippen molar-refractivity contribution in [2.75, 3.05) is 0 Å². The van der Waals surface area contributed by atoms with Crippen LogP contribution in [0.25, 0.3) is 22.3 Å². The Kier molecular flexibility index (Phi) is 2.51. The van der Waals surface area contributed by atoms with Crippen molar-refractivity contribution < 1.29 is 13.2 Å². The van der Waals surface area contributed by atoms with Crippen molar-refractivity contribution in [3.63, 3.8) is 0 Å². The van der Waals surface area contributed by atoms with Crippen molar-refractivity contribution in [1.29, 1.82) is 0 Å². The summed E-state index contributed by atoms with van der Waals surface area (Å²) >= 11 is 0. The lowest BCUT2D eigenvalue weighted by Crippen LogP contribution is -2.17. The molecular weight excluding hydrogens is 259 g/mol. The fourth-order valence-electron chi connectivity index (χ4n) is 1.86. The highest BCUT2D eigenvalue weighted by Crippen LogP contribution is 2.25. The number of alkyl halides is 3. The lowest BCUT2D eigenvalue weighted by molar-refractivity contribution is -0.142. The van der Waals surface area contributed by atoms with E-state index in [1.165, 1.54) is 18.7 Å². The molecule has 5 nitrogen and oxygen atoms in total. The fourth-order valence-corrected chi connectivity index (χ4v) is 1.86. The molecule has 0 atom stereocenters. The SMILES string of the molecule is FC(F)(F)Cn1cc(-c2ccnc3nc[nH]c23)cn1. The van der Waals surface area contributed by atoms with Crippen LogP contribution in [0.1, 0.15) is 0 Å². The lowest BCUT2D eigenvalue weighted by atomic mass is 10.1. The molecule has 0 radical (unpaired) electrons. The fraction of sp³-hybridized carbons (Fsp3) is 0.182. The largest absolute Gasteiger partial charge is 0.408 e. The third-order valence-corrected chi connectivity index (χ3v) is 2.61. The van der Waals surface area contributed by atoms with Gasteiger partial charge in [-0.15, -0.1) is 0 Å². The average molecular weight is 267 g/mol. The van der Waals surface area contributed by atoms with Crippen LogP contribution < -0.4 is 0 Å². The molecular formula is C11H8F3N5. The van der Waals surface area contributed by atoms with Gasteiger partial charge in [-0.05, 0) is 6.07 Å². The van der Waals surface area contributed by atoms with E-state index in [2.05, 4.69) is 20.1 Å². The molecule has 98 valence electrons. The Labute approximate surface area is 105 Å². The minimum atomic E-state index is -4.29. The maximum Gasteiger partial charge on any atom is 0.408 e. The highest BCUT2D eigenvalue weighted by molar-refractivity contribution is 5.88. The first-order chi connectivity index (χ1) is 9.03. The van der Waals surface area contributed by atoms with Crippen LogP contribution in [0.2, 0.25) is 0 Å². The molecule has 0 unspecified atom stereocenters. The summed E-state index contributed by atoms with van der Waals surface area (Å²) in [6.07, 6.45) is 1.50. The van der Waals surface area contributed by atoms with Crippen LogP contribution in [-0.4, -0.2) is 30.9 Å². The number of nitrogens with zero attached hydrogens (tertiary/aromatic N) is 4. The number of aromatic amines is 1. The zero-order chi connectivity index (χ0) is 13.5. The molecule has 19 heavy (non-hydrogen) atoms. The van der Waals surface area contributed by atoms with Crippen molar-refractivity contribution in [3.05, 3.63) is 31.0 Å². The second-order valence-corrected chi connectivity index (χ2v) is 4.00. The summed E-state index contributed by atoms with van der Waals surface area (Å²) in [5, 5.41) is 3.71. The van der Waals surface area contributed by atoms with Gasteiger partial charge < -0.3 is 4.98 Å². The second kappa shape index (κ2) is 4.08. The van der Waals surface area contributed by atoms with Crippen LogP contribution in [-0.2, 0) is 6.54 Å². The Hall–Kier alpha value is -2.38. The standard InChI is InChI=1S/C11H8F3N5/c12-11(13,14)5-19-4-7(3-18-19)8-1-2-15-10-9(8)16-6-17-10/h1-4,6H,5H2,(H,15,16,17). The second-order valence-electron chi connectivity index (χ2n) is 4.00. The van der Waals surface area contributed by atoms with Gasteiger partial charge in [0.05, 0.1) is 18.0 Å². The van der Waals surface area contributed by atoms with Crippen molar-refractivity contribution in [2.24, 2.45) is 0 Å². The number of rotatable bonds is 2. The summed E-state index contributed by atoms with van der Waals surface area (Å²) in [6.45, 7) is -1.11. The van der Waals surface area contributed by atoms with E-state index >= 15 is 0 Å². The summed E-state index contributed by atoms with van der Waals surface area (Å²) < 4.78 is 37.7. The number of hydrogen-bond acceptors (Lipinski definition) is 3. The lowest BCUT2D eigenvalue weighted by Gasteiger charge is -2.05. The van der Waals surface area contributed by atoms with Gasteiger partial charge in [-0.2, -0.15) is 18.3 Å². The van der Waals surface area contributed by atoms with Gasteiger partial charge in [-0.25, -0.2) is 9.97 Å². The van der Waals surface area contributed by atoms with Gasteiger partial charge in [0.1, 0.15) is 6.54 Å². The molecule has 0 amide bonds.